The number of ether oxygens (including phenoxy) is 1. The third kappa shape index (κ3) is 6.13. The summed E-state index contributed by atoms with van der Waals surface area (Å²) < 4.78 is 5.74. The molecule has 0 aliphatic heterocycles. The molecule has 36 heavy (non-hydrogen) atoms. The number of hydrogen-bond acceptors (Lipinski definition) is 2. The van der Waals surface area contributed by atoms with E-state index in [0.29, 0.717) is 28.3 Å². The molecule has 4 rings (SSSR count). The monoisotopic (exact) mass is 535 g/mol. The van der Waals surface area contributed by atoms with Gasteiger partial charge in [0.15, 0.2) is 5.75 Å². The van der Waals surface area contributed by atoms with Gasteiger partial charge in [0.2, 0.25) is 0 Å². The van der Waals surface area contributed by atoms with Crippen LogP contribution in [0.2, 0.25) is 10.0 Å². The average Bonchev–Trinajstić information content (AvgIpc) is 2.90. The predicted octanol–water partition coefficient (Wildman–Crippen LogP) is 9.50. The van der Waals surface area contributed by atoms with Crippen LogP contribution in [0.25, 0.3) is 0 Å². The molecule has 0 heterocycles. The number of alkyl halides is 1. The quantitative estimate of drug-likeness (QED) is 0.119. The minimum Gasteiger partial charge on any atom is -0.490 e. The van der Waals surface area contributed by atoms with Crippen molar-refractivity contribution in [2.45, 2.75) is 25.7 Å². The van der Waals surface area contributed by atoms with Crippen LogP contribution in [0.4, 0.5) is 5.69 Å². The Hall–Kier alpha value is -2.78. The van der Waals surface area contributed by atoms with E-state index in [2.05, 4.69) is 62.4 Å². The van der Waals surface area contributed by atoms with E-state index in [9.17, 15) is 0 Å². The highest BCUT2D eigenvalue weighted by atomic mass is 35.5. The third-order valence-electron chi connectivity index (χ3n) is 6.17. The SMILES string of the molecule is CC(C)(c1ccc(N=C(c2ccccc2)c2ccccc2)cc1)c1cc(Cl)c(OCCCCl)c(Cl)c1. The second-order valence-corrected chi connectivity index (χ2v) is 10.2. The summed E-state index contributed by atoms with van der Waals surface area (Å²) in [6.45, 7) is 4.78. The van der Waals surface area contributed by atoms with Gasteiger partial charge in [0.05, 0.1) is 28.1 Å². The van der Waals surface area contributed by atoms with Crippen molar-refractivity contribution in [3.05, 3.63) is 129 Å². The average molecular weight is 537 g/mol. The minimum atomic E-state index is -0.327. The second kappa shape index (κ2) is 12.0. The molecule has 0 amide bonds. The lowest BCUT2D eigenvalue weighted by molar-refractivity contribution is 0.318. The molecule has 0 aliphatic rings. The van der Waals surface area contributed by atoms with Crippen molar-refractivity contribution in [2.24, 2.45) is 4.99 Å². The molecule has 4 aromatic carbocycles. The van der Waals surface area contributed by atoms with Gasteiger partial charge in [-0.1, -0.05) is 110 Å². The van der Waals surface area contributed by atoms with Gasteiger partial charge < -0.3 is 4.74 Å². The number of benzene rings is 4. The Bertz CT molecular complexity index is 1250. The zero-order valence-corrected chi connectivity index (χ0v) is 22.6. The molecule has 0 unspecified atom stereocenters. The molecule has 0 bridgehead atoms. The number of hydrogen-bond donors (Lipinski definition) is 0. The van der Waals surface area contributed by atoms with E-state index in [1.807, 2.05) is 48.5 Å². The van der Waals surface area contributed by atoms with Crippen LogP contribution in [0.1, 0.15) is 42.5 Å². The Morgan fingerprint density at radius 2 is 1.28 bits per heavy atom. The van der Waals surface area contributed by atoms with Crippen molar-refractivity contribution in [2.75, 3.05) is 12.5 Å². The summed E-state index contributed by atoms with van der Waals surface area (Å²) in [4.78, 5) is 5.02. The van der Waals surface area contributed by atoms with Crippen LogP contribution in [0.5, 0.6) is 5.75 Å². The lowest BCUT2D eigenvalue weighted by atomic mass is 9.78. The highest BCUT2D eigenvalue weighted by molar-refractivity contribution is 6.37. The number of rotatable bonds is 9. The largest absolute Gasteiger partial charge is 0.490 e. The molecule has 0 N–H and O–H groups in total. The maximum absolute atomic E-state index is 6.55. The van der Waals surface area contributed by atoms with Crippen molar-refractivity contribution in [1.82, 2.24) is 0 Å². The van der Waals surface area contributed by atoms with Crippen LogP contribution in [-0.2, 0) is 5.41 Å². The Morgan fingerprint density at radius 1 is 0.750 bits per heavy atom. The van der Waals surface area contributed by atoms with E-state index in [0.717, 1.165) is 40.1 Å². The van der Waals surface area contributed by atoms with Gasteiger partial charge in [0.25, 0.3) is 0 Å². The Labute approximate surface area is 228 Å². The number of nitrogens with zero attached hydrogens (tertiary/aromatic N) is 1. The number of halogens is 3. The molecule has 0 fully saturated rings. The van der Waals surface area contributed by atoms with Crippen LogP contribution in [0.15, 0.2) is 102 Å². The summed E-state index contributed by atoms with van der Waals surface area (Å²) >= 11 is 18.8. The normalized spacial score (nSPS) is 11.2. The first-order chi connectivity index (χ1) is 17.4. The van der Waals surface area contributed by atoms with Crippen molar-refractivity contribution in [3.63, 3.8) is 0 Å². The topological polar surface area (TPSA) is 21.6 Å². The molecule has 0 spiro atoms. The zero-order chi connectivity index (χ0) is 25.5. The summed E-state index contributed by atoms with van der Waals surface area (Å²) in [7, 11) is 0. The minimum absolute atomic E-state index is 0.327. The Balaban J connectivity index is 1.64. The standard InChI is InChI=1S/C31H28Cl3NO/c1-31(2,25-20-27(33)30(28(34)21-25)36-19-9-18-32)24-14-16-26(17-15-24)35-29(22-10-5-3-6-11-22)23-12-7-4-8-13-23/h3-8,10-17,20-21H,9,18-19H2,1-2H3. The first-order valence-electron chi connectivity index (χ1n) is 11.9. The van der Waals surface area contributed by atoms with Crippen molar-refractivity contribution in [3.8, 4) is 5.75 Å². The summed E-state index contributed by atoms with van der Waals surface area (Å²) in [5.41, 5.74) is 5.78. The molecular weight excluding hydrogens is 509 g/mol. The summed E-state index contributed by atoms with van der Waals surface area (Å²) in [5.74, 6) is 1.03. The highest BCUT2D eigenvalue weighted by Crippen LogP contribution is 2.40. The third-order valence-corrected chi connectivity index (χ3v) is 7.00. The van der Waals surface area contributed by atoms with Crippen LogP contribution in [0, 0.1) is 0 Å². The second-order valence-electron chi connectivity index (χ2n) is 9.02. The molecular formula is C31H28Cl3NO. The van der Waals surface area contributed by atoms with Gasteiger partial charge in [0.1, 0.15) is 0 Å². The Kier molecular flexibility index (Phi) is 8.74. The van der Waals surface area contributed by atoms with Gasteiger partial charge in [-0.3, -0.25) is 0 Å². The maximum Gasteiger partial charge on any atom is 0.156 e. The number of aliphatic imine (C=N–C) groups is 1. The molecule has 0 aromatic heterocycles. The summed E-state index contributed by atoms with van der Waals surface area (Å²) in [6.07, 6.45) is 0.729. The molecule has 5 heteroatoms. The first-order valence-corrected chi connectivity index (χ1v) is 13.2. The molecule has 4 aromatic rings. The van der Waals surface area contributed by atoms with E-state index in [1.165, 1.54) is 0 Å². The first kappa shape index (κ1) is 26.3. The Morgan fingerprint density at radius 3 is 1.78 bits per heavy atom. The fourth-order valence-corrected chi connectivity index (χ4v) is 4.73. The van der Waals surface area contributed by atoms with Crippen LogP contribution < -0.4 is 4.74 Å². The van der Waals surface area contributed by atoms with E-state index in [-0.39, 0.29) is 5.41 Å². The zero-order valence-electron chi connectivity index (χ0n) is 20.3. The lowest BCUT2D eigenvalue weighted by Gasteiger charge is -2.27. The van der Waals surface area contributed by atoms with Crippen molar-refractivity contribution < 1.29 is 4.74 Å². The van der Waals surface area contributed by atoms with Gasteiger partial charge in [-0.05, 0) is 41.8 Å². The molecule has 184 valence electrons. The maximum atomic E-state index is 6.55. The molecule has 0 radical (unpaired) electrons. The van der Waals surface area contributed by atoms with Gasteiger partial charge in [-0.2, -0.15) is 0 Å². The lowest BCUT2D eigenvalue weighted by Crippen LogP contribution is -2.19. The van der Waals surface area contributed by atoms with Crippen LogP contribution in [0.3, 0.4) is 0 Å². The fraction of sp³-hybridized carbons (Fsp3) is 0.194. The highest BCUT2D eigenvalue weighted by Gasteiger charge is 2.25. The van der Waals surface area contributed by atoms with Crippen molar-refractivity contribution in [1.29, 1.82) is 0 Å². The van der Waals surface area contributed by atoms with E-state index < -0.39 is 0 Å². The smallest absolute Gasteiger partial charge is 0.156 e. The molecule has 2 nitrogen and oxygen atoms in total. The van der Waals surface area contributed by atoms with E-state index in [1.54, 1.807) is 0 Å². The molecule has 0 atom stereocenters. The molecule has 0 saturated heterocycles. The fourth-order valence-electron chi connectivity index (χ4n) is 4.02. The summed E-state index contributed by atoms with van der Waals surface area (Å²) in [5, 5.41) is 0.994. The van der Waals surface area contributed by atoms with Crippen LogP contribution in [-0.4, -0.2) is 18.2 Å². The predicted molar refractivity (Wildman–Crippen MR) is 154 cm³/mol. The van der Waals surface area contributed by atoms with Crippen LogP contribution >= 0.6 is 34.8 Å². The van der Waals surface area contributed by atoms with Gasteiger partial charge in [-0.15, -0.1) is 11.6 Å². The van der Waals surface area contributed by atoms with Gasteiger partial charge in [0, 0.05) is 22.4 Å². The van der Waals surface area contributed by atoms with E-state index >= 15 is 0 Å². The molecule has 0 saturated carbocycles. The van der Waals surface area contributed by atoms with Gasteiger partial charge >= 0.3 is 0 Å². The molecule has 0 aliphatic carbocycles. The summed E-state index contributed by atoms with van der Waals surface area (Å²) in [6, 6.07) is 32.7. The van der Waals surface area contributed by atoms with E-state index in [4.69, 9.17) is 44.5 Å². The van der Waals surface area contributed by atoms with Crippen molar-refractivity contribution >= 4 is 46.2 Å². The van der Waals surface area contributed by atoms with Gasteiger partial charge in [-0.25, -0.2) is 4.99 Å².